The van der Waals surface area contributed by atoms with Gasteiger partial charge in [-0.1, -0.05) is 6.92 Å². The fraction of sp³-hybridized carbons (Fsp3) is 0.375. The Balaban J connectivity index is 0. The zero-order valence-electron chi connectivity index (χ0n) is 7.54. The Hall–Kier alpha value is -0.450. The standard InChI is InChI=1S/C8H10F2N2.2ClH/c1-2-7(11)8-5(9)3-12-4-6(8)10;;/h3-4,7H,2,11H2,1H3;2*1H. The normalized spacial score (nSPS) is 11.1. The van der Waals surface area contributed by atoms with Crippen molar-refractivity contribution in [2.75, 3.05) is 0 Å². The Morgan fingerprint density at radius 1 is 1.29 bits per heavy atom. The van der Waals surface area contributed by atoms with E-state index in [0.29, 0.717) is 6.42 Å². The van der Waals surface area contributed by atoms with Gasteiger partial charge in [0.15, 0.2) is 0 Å². The number of halogens is 4. The van der Waals surface area contributed by atoms with Gasteiger partial charge in [0.2, 0.25) is 0 Å². The maximum absolute atomic E-state index is 12.9. The van der Waals surface area contributed by atoms with E-state index < -0.39 is 17.7 Å². The number of hydrogen-bond acceptors (Lipinski definition) is 2. The molecule has 1 aromatic rings. The molecule has 2 N–H and O–H groups in total. The summed E-state index contributed by atoms with van der Waals surface area (Å²) in [6.07, 6.45) is 2.43. The predicted octanol–water partition coefficient (Wildman–Crippen LogP) is 2.61. The molecular weight excluding hydrogens is 233 g/mol. The molecule has 1 rings (SSSR count). The summed E-state index contributed by atoms with van der Waals surface area (Å²) in [6, 6.07) is -0.590. The monoisotopic (exact) mass is 244 g/mol. The molecule has 0 amide bonds. The van der Waals surface area contributed by atoms with Gasteiger partial charge in [-0.15, -0.1) is 24.8 Å². The zero-order chi connectivity index (χ0) is 9.14. The van der Waals surface area contributed by atoms with Crippen LogP contribution in [0.15, 0.2) is 12.4 Å². The van der Waals surface area contributed by atoms with Gasteiger partial charge in [-0.2, -0.15) is 0 Å². The average Bonchev–Trinajstić information content (AvgIpc) is 2.03. The van der Waals surface area contributed by atoms with Crippen LogP contribution in [0.2, 0.25) is 0 Å². The van der Waals surface area contributed by atoms with Crippen molar-refractivity contribution in [2.45, 2.75) is 19.4 Å². The summed E-state index contributed by atoms with van der Waals surface area (Å²) >= 11 is 0. The van der Waals surface area contributed by atoms with Crippen LogP contribution in [0.4, 0.5) is 8.78 Å². The molecule has 6 heteroatoms. The van der Waals surface area contributed by atoms with E-state index >= 15 is 0 Å². The quantitative estimate of drug-likeness (QED) is 0.869. The van der Waals surface area contributed by atoms with Gasteiger partial charge in [0.25, 0.3) is 0 Å². The summed E-state index contributed by atoms with van der Waals surface area (Å²) in [5.41, 5.74) is 5.41. The van der Waals surface area contributed by atoms with Crippen molar-refractivity contribution < 1.29 is 8.78 Å². The van der Waals surface area contributed by atoms with Gasteiger partial charge in [0, 0.05) is 11.6 Å². The first-order valence-electron chi connectivity index (χ1n) is 3.71. The van der Waals surface area contributed by atoms with Crippen LogP contribution < -0.4 is 5.73 Å². The van der Waals surface area contributed by atoms with E-state index in [2.05, 4.69) is 4.98 Å². The summed E-state index contributed by atoms with van der Waals surface area (Å²) in [6.45, 7) is 1.77. The van der Waals surface area contributed by atoms with Gasteiger partial charge < -0.3 is 5.73 Å². The molecule has 1 unspecified atom stereocenters. The molecule has 1 atom stereocenters. The van der Waals surface area contributed by atoms with Gasteiger partial charge in [-0.25, -0.2) is 8.78 Å². The highest BCUT2D eigenvalue weighted by Crippen LogP contribution is 2.19. The average molecular weight is 245 g/mol. The highest BCUT2D eigenvalue weighted by molar-refractivity contribution is 5.85. The summed E-state index contributed by atoms with van der Waals surface area (Å²) < 4.78 is 25.8. The lowest BCUT2D eigenvalue weighted by molar-refractivity contribution is 0.512. The number of aromatic nitrogens is 1. The lowest BCUT2D eigenvalue weighted by Crippen LogP contribution is -2.13. The molecule has 0 aliphatic rings. The summed E-state index contributed by atoms with van der Waals surface area (Å²) in [5, 5.41) is 0. The molecule has 1 heterocycles. The highest BCUT2D eigenvalue weighted by atomic mass is 35.5. The lowest BCUT2D eigenvalue weighted by Gasteiger charge is -2.10. The second-order valence-corrected chi connectivity index (χ2v) is 2.53. The summed E-state index contributed by atoms with van der Waals surface area (Å²) in [7, 11) is 0. The number of rotatable bonds is 2. The molecule has 82 valence electrons. The van der Waals surface area contributed by atoms with E-state index in [1.807, 2.05) is 0 Å². The molecule has 0 radical (unpaired) electrons. The Bertz CT molecular complexity index is 264. The fourth-order valence-electron chi connectivity index (χ4n) is 0.980. The van der Waals surface area contributed by atoms with E-state index in [9.17, 15) is 8.78 Å². The Labute approximate surface area is 93.7 Å². The van der Waals surface area contributed by atoms with Crippen LogP contribution >= 0.6 is 24.8 Å². The minimum Gasteiger partial charge on any atom is -0.324 e. The van der Waals surface area contributed by atoms with Crippen LogP contribution in [0.3, 0.4) is 0 Å². The van der Waals surface area contributed by atoms with Crippen molar-refractivity contribution in [3.8, 4) is 0 Å². The van der Waals surface area contributed by atoms with Crippen molar-refractivity contribution in [1.29, 1.82) is 0 Å². The smallest absolute Gasteiger partial charge is 0.149 e. The fourth-order valence-corrected chi connectivity index (χ4v) is 0.980. The van der Waals surface area contributed by atoms with Gasteiger partial charge >= 0.3 is 0 Å². The summed E-state index contributed by atoms with van der Waals surface area (Å²) in [4.78, 5) is 3.36. The second-order valence-electron chi connectivity index (χ2n) is 2.53. The van der Waals surface area contributed by atoms with E-state index in [1.54, 1.807) is 6.92 Å². The minimum atomic E-state index is -0.677. The van der Waals surface area contributed by atoms with Crippen LogP contribution in [0.1, 0.15) is 24.9 Å². The Kier molecular flexibility index (Phi) is 7.91. The molecular formula is C8H12Cl2F2N2. The van der Waals surface area contributed by atoms with Gasteiger partial charge in [-0.05, 0) is 6.42 Å². The number of nitrogens with two attached hydrogens (primary N) is 1. The van der Waals surface area contributed by atoms with Gasteiger partial charge in [-0.3, -0.25) is 4.98 Å². The number of pyridine rings is 1. The molecule has 2 nitrogen and oxygen atoms in total. The molecule has 0 aliphatic heterocycles. The SMILES string of the molecule is CCC(N)c1c(F)cncc1F.Cl.Cl. The van der Waals surface area contributed by atoms with Crippen LogP contribution in [0.5, 0.6) is 0 Å². The first-order valence-corrected chi connectivity index (χ1v) is 3.71. The van der Waals surface area contributed by atoms with E-state index in [0.717, 1.165) is 12.4 Å². The Morgan fingerprint density at radius 2 is 1.71 bits per heavy atom. The maximum Gasteiger partial charge on any atom is 0.149 e. The largest absolute Gasteiger partial charge is 0.324 e. The molecule has 0 bridgehead atoms. The Morgan fingerprint density at radius 3 is 2.07 bits per heavy atom. The summed E-state index contributed by atoms with van der Waals surface area (Å²) in [5.74, 6) is -1.35. The first-order chi connectivity index (χ1) is 5.66. The molecule has 1 aromatic heterocycles. The molecule has 0 fully saturated rings. The van der Waals surface area contributed by atoms with Crippen molar-refractivity contribution in [2.24, 2.45) is 5.73 Å². The van der Waals surface area contributed by atoms with Gasteiger partial charge in [0.05, 0.1) is 12.4 Å². The molecule has 14 heavy (non-hydrogen) atoms. The minimum absolute atomic E-state index is 0. The molecule has 0 aromatic carbocycles. The maximum atomic E-state index is 12.9. The third-order valence-corrected chi connectivity index (χ3v) is 1.70. The molecule has 0 saturated heterocycles. The molecule has 0 saturated carbocycles. The van der Waals surface area contributed by atoms with Gasteiger partial charge in [0.1, 0.15) is 11.6 Å². The van der Waals surface area contributed by atoms with Crippen LogP contribution in [0, 0.1) is 11.6 Å². The number of hydrogen-bond donors (Lipinski definition) is 1. The topological polar surface area (TPSA) is 38.9 Å². The van der Waals surface area contributed by atoms with Crippen molar-refractivity contribution >= 4 is 24.8 Å². The third-order valence-electron chi connectivity index (χ3n) is 1.70. The van der Waals surface area contributed by atoms with E-state index in [4.69, 9.17) is 5.73 Å². The van der Waals surface area contributed by atoms with Crippen LogP contribution in [0.25, 0.3) is 0 Å². The second kappa shape index (κ2) is 6.92. The van der Waals surface area contributed by atoms with E-state index in [1.165, 1.54) is 0 Å². The van der Waals surface area contributed by atoms with Crippen molar-refractivity contribution in [1.82, 2.24) is 4.98 Å². The zero-order valence-corrected chi connectivity index (χ0v) is 9.17. The predicted molar refractivity (Wildman–Crippen MR) is 55.9 cm³/mol. The first kappa shape index (κ1) is 16.0. The molecule has 0 aliphatic carbocycles. The molecule has 0 spiro atoms. The van der Waals surface area contributed by atoms with Crippen molar-refractivity contribution in [3.63, 3.8) is 0 Å². The lowest BCUT2D eigenvalue weighted by atomic mass is 10.1. The third kappa shape index (κ3) is 3.36. The van der Waals surface area contributed by atoms with Crippen LogP contribution in [-0.4, -0.2) is 4.98 Å². The van der Waals surface area contributed by atoms with E-state index in [-0.39, 0.29) is 30.4 Å². The highest BCUT2D eigenvalue weighted by Gasteiger charge is 2.14. The van der Waals surface area contributed by atoms with Crippen LogP contribution in [-0.2, 0) is 0 Å². The number of nitrogens with zero attached hydrogens (tertiary/aromatic N) is 1. The van der Waals surface area contributed by atoms with Crippen molar-refractivity contribution in [3.05, 3.63) is 29.6 Å².